The van der Waals surface area contributed by atoms with Crippen LogP contribution >= 0.6 is 23.7 Å². The fourth-order valence-electron chi connectivity index (χ4n) is 3.57. The Morgan fingerprint density at radius 3 is 2.96 bits per heavy atom. The number of hydrogen-bond donors (Lipinski definition) is 0. The zero-order chi connectivity index (χ0) is 16.0. The van der Waals surface area contributed by atoms with E-state index in [1.54, 1.807) is 0 Å². The van der Waals surface area contributed by atoms with Crippen molar-refractivity contribution in [3.05, 3.63) is 52.5 Å². The standard InChI is InChI=1S/C19H26N2OS.ClH/c1-2-22-16-19(10-8-18-7-4-13-23-18)9-5-12-21(19)15-17-6-3-11-20-14-17;/h3-4,6-7,11,13-14H,2,5,8-10,12,15-16H2,1H3;1H. The van der Waals surface area contributed by atoms with Gasteiger partial charge in [-0.1, -0.05) is 12.1 Å². The summed E-state index contributed by atoms with van der Waals surface area (Å²) in [5.74, 6) is 0. The molecule has 1 aliphatic heterocycles. The number of thiophene rings is 1. The van der Waals surface area contributed by atoms with Gasteiger partial charge in [0.1, 0.15) is 0 Å². The molecule has 0 spiro atoms. The number of ether oxygens (including phenoxy) is 1. The van der Waals surface area contributed by atoms with E-state index in [0.717, 1.165) is 32.7 Å². The van der Waals surface area contributed by atoms with Gasteiger partial charge in [-0.2, -0.15) is 0 Å². The Morgan fingerprint density at radius 2 is 2.25 bits per heavy atom. The van der Waals surface area contributed by atoms with Crippen LogP contribution in [0.2, 0.25) is 0 Å². The topological polar surface area (TPSA) is 25.4 Å². The second-order valence-electron chi connectivity index (χ2n) is 6.33. The van der Waals surface area contributed by atoms with Crippen molar-refractivity contribution in [1.29, 1.82) is 0 Å². The zero-order valence-corrected chi connectivity index (χ0v) is 16.0. The molecule has 1 aliphatic rings. The Hall–Kier alpha value is -0.940. The third-order valence-electron chi connectivity index (χ3n) is 4.83. The third-order valence-corrected chi connectivity index (χ3v) is 5.77. The third kappa shape index (κ3) is 4.79. The van der Waals surface area contributed by atoms with Gasteiger partial charge >= 0.3 is 0 Å². The van der Waals surface area contributed by atoms with Gasteiger partial charge in [-0.05, 0) is 62.2 Å². The summed E-state index contributed by atoms with van der Waals surface area (Å²) in [4.78, 5) is 8.38. The van der Waals surface area contributed by atoms with Gasteiger partial charge in [0, 0.05) is 36.0 Å². The highest BCUT2D eigenvalue weighted by Gasteiger charge is 2.40. The summed E-state index contributed by atoms with van der Waals surface area (Å²) >= 11 is 1.86. The average molecular weight is 367 g/mol. The number of pyridine rings is 1. The number of likely N-dealkylation sites (tertiary alicyclic amines) is 1. The summed E-state index contributed by atoms with van der Waals surface area (Å²) < 4.78 is 5.90. The molecular weight excluding hydrogens is 340 g/mol. The first-order valence-corrected chi connectivity index (χ1v) is 9.44. The molecule has 0 aromatic carbocycles. The summed E-state index contributed by atoms with van der Waals surface area (Å²) in [5.41, 5.74) is 1.47. The van der Waals surface area contributed by atoms with E-state index in [1.807, 2.05) is 29.8 Å². The van der Waals surface area contributed by atoms with Gasteiger partial charge in [0.05, 0.1) is 6.61 Å². The van der Waals surface area contributed by atoms with Crippen LogP contribution in [0.1, 0.15) is 36.6 Å². The van der Waals surface area contributed by atoms with Crippen molar-refractivity contribution in [1.82, 2.24) is 9.88 Å². The van der Waals surface area contributed by atoms with Crippen molar-refractivity contribution in [2.45, 2.75) is 44.7 Å². The van der Waals surface area contributed by atoms with Gasteiger partial charge in [0.15, 0.2) is 0 Å². The largest absolute Gasteiger partial charge is 0.380 e. The van der Waals surface area contributed by atoms with Gasteiger partial charge in [-0.3, -0.25) is 9.88 Å². The number of halogens is 1. The molecule has 24 heavy (non-hydrogen) atoms. The van der Waals surface area contributed by atoms with Gasteiger partial charge in [-0.15, -0.1) is 23.7 Å². The van der Waals surface area contributed by atoms with Crippen LogP contribution in [-0.2, 0) is 17.7 Å². The SMILES string of the molecule is CCOCC1(CCc2cccs2)CCCN1Cc1cccnc1.Cl. The summed E-state index contributed by atoms with van der Waals surface area (Å²) in [6.07, 6.45) is 8.65. The number of rotatable bonds is 8. The van der Waals surface area contributed by atoms with Crippen LogP contribution in [0, 0.1) is 0 Å². The second-order valence-corrected chi connectivity index (χ2v) is 7.36. The second kappa shape index (κ2) is 9.52. The molecule has 3 heterocycles. The molecular formula is C19H27ClN2OS. The summed E-state index contributed by atoms with van der Waals surface area (Å²) in [6, 6.07) is 8.61. The summed E-state index contributed by atoms with van der Waals surface area (Å²) in [7, 11) is 0. The average Bonchev–Trinajstić information content (AvgIpc) is 3.23. The normalized spacial score (nSPS) is 20.9. The van der Waals surface area contributed by atoms with Gasteiger partial charge < -0.3 is 4.74 Å². The Balaban J connectivity index is 0.00000208. The zero-order valence-electron chi connectivity index (χ0n) is 14.3. The summed E-state index contributed by atoms with van der Waals surface area (Å²) in [5, 5.41) is 2.17. The molecule has 0 radical (unpaired) electrons. The van der Waals surface area contributed by atoms with E-state index < -0.39 is 0 Å². The van der Waals surface area contributed by atoms with Crippen molar-refractivity contribution < 1.29 is 4.74 Å². The number of aryl methyl sites for hydroxylation is 1. The molecule has 2 aromatic heterocycles. The molecule has 0 aliphatic carbocycles. The lowest BCUT2D eigenvalue weighted by Gasteiger charge is -2.38. The lowest BCUT2D eigenvalue weighted by atomic mass is 9.90. The van der Waals surface area contributed by atoms with Crippen LogP contribution in [0.3, 0.4) is 0 Å². The minimum absolute atomic E-state index is 0. The molecule has 5 heteroatoms. The maximum Gasteiger partial charge on any atom is 0.0650 e. The van der Waals surface area contributed by atoms with Crippen molar-refractivity contribution in [3.8, 4) is 0 Å². The van der Waals surface area contributed by atoms with E-state index in [4.69, 9.17) is 4.74 Å². The molecule has 0 N–H and O–H groups in total. The quantitative estimate of drug-likeness (QED) is 0.684. The van der Waals surface area contributed by atoms with Gasteiger partial charge in [0.25, 0.3) is 0 Å². The lowest BCUT2D eigenvalue weighted by Crippen LogP contribution is -2.47. The molecule has 1 fully saturated rings. The fraction of sp³-hybridized carbons (Fsp3) is 0.526. The minimum atomic E-state index is 0. The minimum Gasteiger partial charge on any atom is -0.380 e. The van der Waals surface area contributed by atoms with Crippen molar-refractivity contribution >= 4 is 23.7 Å². The maximum atomic E-state index is 5.90. The van der Waals surface area contributed by atoms with Crippen LogP contribution in [0.5, 0.6) is 0 Å². The molecule has 0 saturated carbocycles. The van der Waals surface area contributed by atoms with Crippen molar-refractivity contribution in [3.63, 3.8) is 0 Å². The van der Waals surface area contributed by atoms with E-state index >= 15 is 0 Å². The van der Waals surface area contributed by atoms with E-state index in [9.17, 15) is 0 Å². The van der Waals surface area contributed by atoms with E-state index in [0.29, 0.717) is 0 Å². The predicted molar refractivity (Wildman–Crippen MR) is 103 cm³/mol. The van der Waals surface area contributed by atoms with Crippen LogP contribution in [-0.4, -0.2) is 35.2 Å². The first-order chi connectivity index (χ1) is 11.3. The van der Waals surface area contributed by atoms with Crippen LogP contribution in [0.25, 0.3) is 0 Å². The van der Waals surface area contributed by atoms with Gasteiger partial charge in [-0.25, -0.2) is 0 Å². The Bertz CT molecular complexity index is 578. The molecule has 0 bridgehead atoms. The molecule has 1 unspecified atom stereocenters. The monoisotopic (exact) mass is 366 g/mol. The maximum absolute atomic E-state index is 5.90. The summed E-state index contributed by atoms with van der Waals surface area (Å²) in [6.45, 7) is 5.86. The van der Waals surface area contributed by atoms with Crippen LogP contribution in [0.15, 0.2) is 42.0 Å². The molecule has 3 nitrogen and oxygen atoms in total. The number of nitrogens with zero attached hydrogens (tertiary/aromatic N) is 2. The highest BCUT2D eigenvalue weighted by atomic mass is 35.5. The first-order valence-electron chi connectivity index (χ1n) is 8.56. The Labute approximate surface area is 155 Å². The molecule has 1 atom stereocenters. The highest BCUT2D eigenvalue weighted by molar-refractivity contribution is 7.09. The van der Waals surface area contributed by atoms with E-state index in [1.165, 1.54) is 29.7 Å². The molecule has 1 saturated heterocycles. The fourth-order valence-corrected chi connectivity index (χ4v) is 4.28. The number of aromatic nitrogens is 1. The van der Waals surface area contributed by atoms with Crippen molar-refractivity contribution in [2.24, 2.45) is 0 Å². The highest BCUT2D eigenvalue weighted by Crippen LogP contribution is 2.35. The molecule has 2 aromatic rings. The van der Waals surface area contributed by atoms with Crippen LogP contribution < -0.4 is 0 Å². The number of hydrogen-bond acceptors (Lipinski definition) is 4. The van der Waals surface area contributed by atoms with Crippen LogP contribution in [0.4, 0.5) is 0 Å². The lowest BCUT2D eigenvalue weighted by molar-refractivity contribution is 0.00974. The Morgan fingerprint density at radius 1 is 1.33 bits per heavy atom. The molecule has 0 amide bonds. The smallest absolute Gasteiger partial charge is 0.0650 e. The van der Waals surface area contributed by atoms with Gasteiger partial charge in [0.2, 0.25) is 0 Å². The first kappa shape index (κ1) is 19.4. The Kier molecular flexibility index (Phi) is 7.69. The van der Waals surface area contributed by atoms with Crippen molar-refractivity contribution in [2.75, 3.05) is 19.8 Å². The predicted octanol–water partition coefficient (Wildman–Crippen LogP) is 4.57. The van der Waals surface area contributed by atoms with E-state index in [2.05, 4.69) is 40.4 Å². The molecule has 3 rings (SSSR count). The molecule has 132 valence electrons. The van der Waals surface area contributed by atoms with E-state index in [-0.39, 0.29) is 17.9 Å².